The number of benzene rings is 3. The lowest BCUT2D eigenvalue weighted by Crippen LogP contribution is -2.45. The van der Waals surface area contributed by atoms with Gasteiger partial charge in [0.25, 0.3) is 10.0 Å². The fourth-order valence-corrected chi connectivity index (χ4v) is 5.10. The van der Waals surface area contributed by atoms with E-state index in [1.54, 1.807) is 19.1 Å². The molecule has 0 saturated carbocycles. The lowest BCUT2D eigenvalue weighted by molar-refractivity contribution is -0.120. The highest BCUT2D eigenvalue weighted by Crippen LogP contribution is 2.29. The second-order valence-electron chi connectivity index (χ2n) is 8.04. The minimum Gasteiger partial charge on any atom is -0.491 e. The fraction of sp³-hybridized carbons (Fsp3) is 0.240. The molecule has 3 aromatic rings. The quantitative estimate of drug-likeness (QED) is 0.410. The summed E-state index contributed by atoms with van der Waals surface area (Å²) in [4.78, 5) is 12.9. The Balaban J connectivity index is 1.78. The van der Waals surface area contributed by atoms with Crippen molar-refractivity contribution in [3.8, 4) is 5.75 Å². The van der Waals surface area contributed by atoms with Gasteiger partial charge in [-0.05, 0) is 63.2 Å². The molecule has 0 aliphatic carbocycles. The van der Waals surface area contributed by atoms with Gasteiger partial charge in [-0.2, -0.15) is 0 Å². The molecule has 0 saturated heterocycles. The van der Waals surface area contributed by atoms with Crippen LogP contribution in [0.5, 0.6) is 5.75 Å². The molecule has 1 atom stereocenters. The average Bonchev–Trinajstić information content (AvgIpc) is 2.76. The van der Waals surface area contributed by atoms with Crippen molar-refractivity contribution in [3.63, 3.8) is 0 Å². The zero-order chi connectivity index (χ0) is 24.9. The molecular weight excluding hydrogens is 495 g/mol. The Hall–Kier alpha value is -2.74. The van der Waals surface area contributed by atoms with Crippen molar-refractivity contribution >= 4 is 44.8 Å². The highest BCUT2D eigenvalue weighted by atomic mass is 35.5. The summed E-state index contributed by atoms with van der Waals surface area (Å²) in [6, 6.07) is 18.0. The molecule has 0 heterocycles. The molecule has 0 fully saturated rings. The molecule has 1 N–H and O–H groups in total. The van der Waals surface area contributed by atoms with E-state index in [2.05, 4.69) is 5.32 Å². The molecule has 0 aromatic heterocycles. The van der Waals surface area contributed by atoms with Crippen LogP contribution in [-0.4, -0.2) is 33.5 Å². The molecule has 0 spiro atoms. The maximum Gasteiger partial charge on any atom is 0.264 e. The molecular formula is C25H26Cl2N2O4S. The number of hydrogen-bond acceptors (Lipinski definition) is 4. The van der Waals surface area contributed by atoms with Crippen LogP contribution in [0.4, 0.5) is 5.69 Å². The number of carbonyl (C=O) groups is 1. The minimum absolute atomic E-state index is 0.0535. The van der Waals surface area contributed by atoms with Gasteiger partial charge in [0.15, 0.2) is 0 Å². The number of rotatable bonds is 9. The fourth-order valence-electron chi connectivity index (χ4n) is 3.18. The van der Waals surface area contributed by atoms with E-state index in [9.17, 15) is 13.2 Å². The third kappa shape index (κ3) is 6.88. The number of nitrogens with zero attached hydrogens (tertiary/aromatic N) is 1. The van der Waals surface area contributed by atoms with Gasteiger partial charge in [0.2, 0.25) is 5.91 Å². The third-order valence-corrected chi connectivity index (χ3v) is 7.18. The zero-order valence-corrected chi connectivity index (χ0v) is 21.4. The van der Waals surface area contributed by atoms with Crippen LogP contribution in [0.2, 0.25) is 10.0 Å². The largest absolute Gasteiger partial charge is 0.491 e. The van der Waals surface area contributed by atoms with Crippen LogP contribution in [0.3, 0.4) is 0 Å². The minimum atomic E-state index is -4.07. The molecule has 3 aromatic carbocycles. The number of halogens is 2. The number of nitrogens with one attached hydrogen (secondary N) is 1. The number of ether oxygens (including phenoxy) is 1. The van der Waals surface area contributed by atoms with E-state index in [0.717, 1.165) is 15.4 Å². The summed E-state index contributed by atoms with van der Waals surface area (Å²) in [5.74, 6) is 0.190. The van der Waals surface area contributed by atoms with E-state index in [-0.39, 0.29) is 33.3 Å². The Morgan fingerprint density at radius 1 is 0.941 bits per heavy atom. The van der Waals surface area contributed by atoms with Crippen molar-refractivity contribution in [1.29, 1.82) is 0 Å². The normalized spacial score (nSPS) is 12.1. The van der Waals surface area contributed by atoms with E-state index >= 15 is 0 Å². The maximum atomic E-state index is 13.5. The van der Waals surface area contributed by atoms with E-state index in [1.165, 1.54) is 30.3 Å². The molecule has 1 amide bonds. The van der Waals surface area contributed by atoms with Crippen LogP contribution in [0.15, 0.2) is 71.6 Å². The summed E-state index contributed by atoms with van der Waals surface area (Å²) >= 11 is 12.2. The topological polar surface area (TPSA) is 75.7 Å². The second-order valence-corrected chi connectivity index (χ2v) is 10.8. The molecule has 0 radical (unpaired) electrons. The Bertz CT molecular complexity index is 1230. The Morgan fingerprint density at radius 3 is 2.03 bits per heavy atom. The van der Waals surface area contributed by atoms with Gasteiger partial charge in [0, 0.05) is 10.0 Å². The Kier molecular flexibility index (Phi) is 8.47. The lowest BCUT2D eigenvalue weighted by atomic mass is 10.2. The first-order valence-corrected chi connectivity index (χ1v) is 12.8. The maximum absolute atomic E-state index is 13.5. The first-order valence-electron chi connectivity index (χ1n) is 10.6. The first kappa shape index (κ1) is 25.9. The lowest BCUT2D eigenvalue weighted by Gasteiger charge is -2.25. The molecule has 0 bridgehead atoms. The highest BCUT2D eigenvalue weighted by molar-refractivity contribution is 7.92. The van der Waals surface area contributed by atoms with Crippen molar-refractivity contribution in [2.75, 3.05) is 17.5 Å². The standard InChI is InChI=1S/C25H26Cl2N2O4S/c1-17-4-8-23(9-5-17)33-16-19(3)28-25(30)15-29(22-13-20(26)12-21(27)14-22)34(31,32)24-10-6-18(2)7-11-24/h4-14,19H,15-16H2,1-3H3,(H,28,30). The monoisotopic (exact) mass is 520 g/mol. The summed E-state index contributed by atoms with van der Waals surface area (Å²) in [6.45, 7) is 5.39. The Morgan fingerprint density at radius 2 is 1.47 bits per heavy atom. The number of aryl methyl sites for hydroxylation is 2. The predicted octanol–water partition coefficient (Wildman–Crippen LogP) is 5.39. The van der Waals surface area contributed by atoms with Crippen LogP contribution in [0.25, 0.3) is 0 Å². The van der Waals surface area contributed by atoms with E-state index in [0.29, 0.717) is 5.75 Å². The van der Waals surface area contributed by atoms with Crippen LogP contribution >= 0.6 is 23.2 Å². The summed E-state index contributed by atoms with van der Waals surface area (Å²) in [6.07, 6.45) is 0. The van der Waals surface area contributed by atoms with Crippen molar-refractivity contribution in [3.05, 3.63) is 87.9 Å². The number of anilines is 1. The molecule has 180 valence electrons. The smallest absolute Gasteiger partial charge is 0.264 e. The van der Waals surface area contributed by atoms with Crippen LogP contribution in [0, 0.1) is 13.8 Å². The molecule has 9 heteroatoms. The van der Waals surface area contributed by atoms with Crippen LogP contribution in [-0.2, 0) is 14.8 Å². The second kappa shape index (κ2) is 11.1. The van der Waals surface area contributed by atoms with E-state index in [4.69, 9.17) is 27.9 Å². The molecule has 6 nitrogen and oxygen atoms in total. The van der Waals surface area contributed by atoms with Gasteiger partial charge < -0.3 is 10.1 Å². The van der Waals surface area contributed by atoms with E-state index < -0.39 is 22.5 Å². The number of carbonyl (C=O) groups excluding carboxylic acids is 1. The number of sulfonamides is 1. The van der Waals surface area contributed by atoms with Gasteiger partial charge in [-0.3, -0.25) is 9.10 Å². The molecule has 0 aliphatic rings. The summed E-state index contributed by atoms with van der Waals surface area (Å²) < 4.78 is 33.6. The van der Waals surface area contributed by atoms with Crippen LogP contribution < -0.4 is 14.4 Å². The van der Waals surface area contributed by atoms with Crippen molar-refractivity contribution in [1.82, 2.24) is 5.32 Å². The predicted molar refractivity (Wildman–Crippen MR) is 136 cm³/mol. The zero-order valence-electron chi connectivity index (χ0n) is 19.1. The van der Waals surface area contributed by atoms with Gasteiger partial charge in [-0.15, -0.1) is 0 Å². The van der Waals surface area contributed by atoms with Gasteiger partial charge >= 0.3 is 0 Å². The van der Waals surface area contributed by atoms with Crippen LogP contribution in [0.1, 0.15) is 18.1 Å². The molecule has 0 aliphatic heterocycles. The molecule has 1 unspecified atom stereocenters. The third-order valence-electron chi connectivity index (χ3n) is 4.96. The summed E-state index contributed by atoms with van der Waals surface area (Å²) in [5, 5.41) is 3.30. The van der Waals surface area contributed by atoms with Crippen molar-refractivity contribution < 1.29 is 17.9 Å². The summed E-state index contributed by atoms with van der Waals surface area (Å²) in [7, 11) is -4.07. The highest BCUT2D eigenvalue weighted by Gasteiger charge is 2.28. The van der Waals surface area contributed by atoms with Gasteiger partial charge in [0.1, 0.15) is 18.9 Å². The molecule has 3 rings (SSSR count). The Labute approximate surface area is 210 Å². The van der Waals surface area contributed by atoms with Gasteiger partial charge in [-0.1, -0.05) is 58.6 Å². The van der Waals surface area contributed by atoms with Crippen molar-refractivity contribution in [2.45, 2.75) is 31.7 Å². The number of hydrogen-bond donors (Lipinski definition) is 1. The first-order chi connectivity index (χ1) is 16.0. The van der Waals surface area contributed by atoms with Crippen molar-refractivity contribution in [2.24, 2.45) is 0 Å². The van der Waals surface area contributed by atoms with Gasteiger partial charge in [0.05, 0.1) is 16.6 Å². The average molecular weight is 521 g/mol. The van der Waals surface area contributed by atoms with Gasteiger partial charge in [-0.25, -0.2) is 8.42 Å². The summed E-state index contributed by atoms with van der Waals surface area (Å²) in [5.41, 5.74) is 2.22. The van der Waals surface area contributed by atoms with E-state index in [1.807, 2.05) is 38.1 Å². The SMILES string of the molecule is Cc1ccc(OCC(C)NC(=O)CN(c2cc(Cl)cc(Cl)c2)S(=O)(=O)c2ccc(C)cc2)cc1. The molecule has 34 heavy (non-hydrogen) atoms. The number of amides is 1.